The number of azide groups is 1. The van der Waals surface area contributed by atoms with Crippen LogP contribution < -0.4 is 0 Å². The van der Waals surface area contributed by atoms with Gasteiger partial charge in [-0.25, -0.2) is 26.0 Å². The van der Waals surface area contributed by atoms with Crippen molar-refractivity contribution < 1.29 is 26.0 Å². The molecule has 92 valence electrons. The Hall–Kier alpha value is -1.51. The van der Waals surface area contributed by atoms with Crippen LogP contribution in [0.1, 0.15) is 0 Å². The van der Waals surface area contributed by atoms with E-state index in [1.807, 2.05) is 4.91 Å². The minimum absolute atomic E-state index is 1.62. The van der Waals surface area contributed by atoms with Crippen LogP contribution in [0.5, 0.6) is 0 Å². The lowest BCUT2D eigenvalue weighted by molar-refractivity contribution is 0.424. The molecule has 0 saturated heterocycles. The Balaban J connectivity index is 3.90. The van der Waals surface area contributed by atoms with E-state index in [1.165, 1.54) is 0 Å². The van der Waals surface area contributed by atoms with Crippen molar-refractivity contribution in [2.45, 2.75) is 4.90 Å². The minimum Gasteiger partial charge on any atom is -0.207 e. The van der Waals surface area contributed by atoms with E-state index in [4.69, 9.17) is 5.53 Å². The lowest BCUT2D eigenvalue weighted by Gasteiger charge is -2.06. The van der Waals surface area contributed by atoms with Crippen molar-refractivity contribution in [1.82, 2.24) is 0 Å². The third-order valence-electron chi connectivity index (χ3n) is 1.59. The number of halogens is 5. The zero-order chi connectivity index (χ0) is 13.4. The van der Waals surface area contributed by atoms with Gasteiger partial charge < -0.3 is 0 Å². The van der Waals surface area contributed by atoms with E-state index in [-0.39, 0.29) is 0 Å². The lowest BCUT2D eigenvalue weighted by atomic mass is 10.2. The van der Waals surface area contributed by atoms with Gasteiger partial charge in [0.1, 0.15) is 5.69 Å². The summed E-state index contributed by atoms with van der Waals surface area (Å²) in [6.07, 6.45) is 0. The molecule has 0 aliphatic heterocycles. The van der Waals surface area contributed by atoms with E-state index in [0.717, 1.165) is 0 Å². The first kappa shape index (κ1) is 13.6. The Bertz CT molecular complexity index is 612. The standard InChI is InChI=1S/C6ClF4N3O2S/c7-17(15,16)6-3(10)1(8)5(13-14-12)2(9)4(6)11. The number of rotatable bonds is 2. The first-order chi connectivity index (χ1) is 7.71. The van der Waals surface area contributed by atoms with E-state index in [1.54, 1.807) is 0 Å². The molecule has 0 N–H and O–H groups in total. The highest BCUT2D eigenvalue weighted by atomic mass is 35.7. The monoisotopic (exact) mass is 289 g/mol. The van der Waals surface area contributed by atoms with Gasteiger partial charge in [-0.1, -0.05) is 5.11 Å². The van der Waals surface area contributed by atoms with Crippen LogP contribution in [0.3, 0.4) is 0 Å². The number of hydrogen-bond acceptors (Lipinski definition) is 3. The van der Waals surface area contributed by atoms with Crippen LogP contribution in [-0.4, -0.2) is 8.42 Å². The van der Waals surface area contributed by atoms with Crippen LogP contribution in [0, 0.1) is 23.3 Å². The molecule has 1 aromatic rings. The minimum atomic E-state index is -5.03. The van der Waals surface area contributed by atoms with Crippen molar-refractivity contribution in [3.63, 3.8) is 0 Å². The third kappa shape index (κ3) is 2.28. The molecule has 1 rings (SSSR count). The SMILES string of the molecule is [N-]=[N+]=Nc1c(F)c(F)c(S(=O)(=O)Cl)c(F)c1F. The summed E-state index contributed by atoms with van der Waals surface area (Å²) in [4.78, 5) is -0.0496. The number of benzene rings is 1. The Labute approximate surface area is 95.7 Å². The highest BCUT2D eigenvalue weighted by molar-refractivity contribution is 8.13. The smallest absolute Gasteiger partial charge is 0.207 e. The molecule has 0 aliphatic rings. The molecular formula is C6ClF4N3O2S. The second-order valence-electron chi connectivity index (χ2n) is 2.56. The zero-order valence-corrected chi connectivity index (χ0v) is 9.03. The normalized spacial score (nSPS) is 11.1. The first-order valence-corrected chi connectivity index (χ1v) is 5.88. The average Bonchev–Trinajstić information content (AvgIpc) is 2.20. The van der Waals surface area contributed by atoms with Crippen LogP contribution in [0.4, 0.5) is 23.2 Å². The van der Waals surface area contributed by atoms with E-state index >= 15 is 0 Å². The quantitative estimate of drug-likeness (QED) is 0.209. The summed E-state index contributed by atoms with van der Waals surface area (Å²) in [5, 5.41) is 2.36. The molecule has 0 aromatic heterocycles. The second kappa shape index (κ2) is 4.40. The van der Waals surface area contributed by atoms with Gasteiger partial charge in [0, 0.05) is 15.6 Å². The number of nitrogens with zero attached hydrogens (tertiary/aromatic N) is 3. The summed E-state index contributed by atoms with van der Waals surface area (Å²) in [6.45, 7) is 0. The molecule has 17 heavy (non-hydrogen) atoms. The third-order valence-corrected chi connectivity index (χ3v) is 2.90. The predicted octanol–water partition coefficient (Wildman–Crippen LogP) is 3.11. The average molecular weight is 290 g/mol. The van der Waals surface area contributed by atoms with Gasteiger partial charge in [0.2, 0.25) is 0 Å². The van der Waals surface area contributed by atoms with E-state index < -0.39 is 42.9 Å². The molecule has 0 radical (unpaired) electrons. The molecule has 0 bridgehead atoms. The second-order valence-corrected chi connectivity index (χ2v) is 5.06. The molecule has 0 fully saturated rings. The molecule has 0 aliphatic carbocycles. The van der Waals surface area contributed by atoms with Crippen molar-refractivity contribution in [2.24, 2.45) is 5.11 Å². The summed E-state index contributed by atoms with van der Waals surface area (Å²) in [7, 11) is -0.436. The molecule has 11 heteroatoms. The van der Waals surface area contributed by atoms with Gasteiger partial charge in [-0.3, -0.25) is 0 Å². The predicted molar refractivity (Wildman–Crippen MR) is 48.1 cm³/mol. The maximum Gasteiger partial charge on any atom is 0.267 e. The summed E-state index contributed by atoms with van der Waals surface area (Å²) in [6, 6.07) is 0. The first-order valence-electron chi connectivity index (χ1n) is 3.57. The maximum absolute atomic E-state index is 13.1. The molecule has 1 aromatic carbocycles. The van der Waals surface area contributed by atoms with Gasteiger partial charge in [0.25, 0.3) is 9.05 Å². The van der Waals surface area contributed by atoms with Crippen molar-refractivity contribution in [3.8, 4) is 0 Å². The van der Waals surface area contributed by atoms with Crippen molar-refractivity contribution >= 4 is 25.4 Å². The topological polar surface area (TPSA) is 82.9 Å². The fraction of sp³-hybridized carbons (Fsp3) is 0. The molecular weight excluding hydrogens is 290 g/mol. The van der Waals surface area contributed by atoms with E-state index in [0.29, 0.717) is 0 Å². The van der Waals surface area contributed by atoms with Gasteiger partial charge in [-0.2, -0.15) is 0 Å². The summed E-state index contributed by atoms with van der Waals surface area (Å²) in [5.74, 6) is -8.83. The van der Waals surface area contributed by atoms with Crippen molar-refractivity contribution in [1.29, 1.82) is 0 Å². The Morgan fingerprint density at radius 1 is 1.06 bits per heavy atom. The molecule has 0 unspecified atom stereocenters. The highest BCUT2D eigenvalue weighted by Gasteiger charge is 2.31. The number of hydrogen-bond donors (Lipinski definition) is 0. The van der Waals surface area contributed by atoms with Crippen LogP contribution in [0.2, 0.25) is 0 Å². The molecule has 0 atom stereocenters. The van der Waals surface area contributed by atoms with Gasteiger partial charge in [-0.05, 0) is 5.53 Å². The van der Waals surface area contributed by atoms with Gasteiger partial charge in [0.05, 0.1) is 0 Å². The fourth-order valence-corrected chi connectivity index (χ4v) is 1.96. The van der Waals surface area contributed by atoms with Crippen molar-refractivity contribution in [2.75, 3.05) is 0 Å². The van der Waals surface area contributed by atoms with Gasteiger partial charge in [-0.15, -0.1) is 0 Å². The Morgan fingerprint density at radius 2 is 1.47 bits per heavy atom. The van der Waals surface area contributed by atoms with Crippen LogP contribution >= 0.6 is 10.7 Å². The molecule has 0 heterocycles. The highest BCUT2D eigenvalue weighted by Crippen LogP contribution is 2.33. The molecule has 5 nitrogen and oxygen atoms in total. The molecule has 0 amide bonds. The van der Waals surface area contributed by atoms with E-state index in [2.05, 4.69) is 15.8 Å². The Kier molecular flexibility index (Phi) is 3.51. The van der Waals surface area contributed by atoms with Gasteiger partial charge >= 0.3 is 0 Å². The largest absolute Gasteiger partial charge is 0.267 e. The van der Waals surface area contributed by atoms with E-state index in [9.17, 15) is 26.0 Å². The fourth-order valence-electron chi connectivity index (χ4n) is 0.947. The van der Waals surface area contributed by atoms with Crippen LogP contribution in [0.25, 0.3) is 10.4 Å². The van der Waals surface area contributed by atoms with Crippen molar-refractivity contribution in [3.05, 3.63) is 33.7 Å². The maximum atomic E-state index is 13.1. The summed E-state index contributed by atoms with van der Waals surface area (Å²) >= 11 is 0. The molecule has 0 saturated carbocycles. The van der Waals surface area contributed by atoms with Gasteiger partial charge in [0.15, 0.2) is 28.2 Å². The Morgan fingerprint density at radius 3 is 1.76 bits per heavy atom. The van der Waals surface area contributed by atoms with Crippen LogP contribution in [0.15, 0.2) is 10.0 Å². The zero-order valence-electron chi connectivity index (χ0n) is 7.46. The summed E-state index contributed by atoms with van der Waals surface area (Å²) in [5.41, 5.74) is 6.30. The lowest BCUT2D eigenvalue weighted by Crippen LogP contribution is -2.06. The molecule has 0 spiro atoms. The van der Waals surface area contributed by atoms with Crippen LogP contribution in [-0.2, 0) is 9.05 Å². The summed E-state index contributed by atoms with van der Waals surface area (Å²) < 4.78 is 73.7.